The molecule has 0 aromatic carbocycles. The number of esters is 2. The summed E-state index contributed by atoms with van der Waals surface area (Å²) in [5, 5.41) is 0. The lowest BCUT2D eigenvalue weighted by Gasteiger charge is -2.40. The molecule has 0 radical (unpaired) electrons. The van der Waals surface area contributed by atoms with Crippen molar-refractivity contribution in [2.75, 3.05) is 0 Å². The van der Waals surface area contributed by atoms with Crippen LogP contribution in [0.3, 0.4) is 0 Å². The fourth-order valence-corrected chi connectivity index (χ4v) is 2.67. The van der Waals surface area contributed by atoms with Crippen molar-refractivity contribution in [2.45, 2.75) is 68.2 Å². The Hall–Kier alpha value is -0.860. The van der Waals surface area contributed by atoms with Crippen LogP contribution in [0.5, 0.6) is 0 Å². The average molecular weight is 282 g/mol. The minimum Gasteiger partial charge on any atom is -0.393 e. The van der Waals surface area contributed by atoms with Crippen molar-refractivity contribution in [1.29, 1.82) is 0 Å². The molecule has 0 aromatic heterocycles. The van der Waals surface area contributed by atoms with Crippen LogP contribution in [0.2, 0.25) is 0 Å². The summed E-state index contributed by atoms with van der Waals surface area (Å²) >= 11 is 0. The van der Waals surface area contributed by atoms with Gasteiger partial charge in [-0.1, -0.05) is 55.4 Å². The van der Waals surface area contributed by atoms with Crippen molar-refractivity contribution in [3.63, 3.8) is 0 Å². The van der Waals surface area contributed by atoms with Crippen molar-refractivity contribution in [2.24, 2.45) is 28.1 Å². The first-order valence-electron chi connectivity index (χ1n) is 7.53. The molecule has 1 rings (SSSR count). The molecular formula is C17H30O3. The Labute approximate surface area is 123 Å². The van der Waals surface area contributed by atoms with Gasteiger partial charge < -0.3 is 4.74 Å². The number of carbonyl (C=O) groups excluding carboxylic acids is 2. The molecule has 1 aliphatic rings. The standard InChI is InChI=1S/C17H30O3/c1-15(2,3)12-11(13(18)20-14(12)19)9-10-17(7,8)16(4,5)6/h11-12H,9-10H2,1-8H3. The van der Waals surface area contributed by atoms with E-state index in [1.54, 1.807) is 0 Å². The van der Waals surface area contributed by atoms with Gasteiger partial charge >= 0.3 is 11.9 Å². The van der Waals surface area contributed by atoms with E-state index in [-0.39, 0.29) is 40.0 Å². The highest BCUT2D eigenvalue weighted by Crippen LogP contribution is 2.46. The van der Waals surface area contributed by atoms with Gasteiger partial charge in [0.1, 0.15) is 0 Å². The predicted octanol–water partition coefficient (Wildman–Crippen LogP) is 4.20. The normalized spacial score (nSPS) is 25.0. The van der Waals surface area contributed by atoms with Crippen LogP contribution in [0.15, 0.2) is 0 Å². The van der Waals surface area contributed by atoms with E-state index in [4.69, 9.17) is 4.74 Å². The maximum absolute atomic E-state index is 12.0. The highest BCUT2D eigenvalue weighted by molar-refractivity contribution is 5.96. The zero-order valence-electron chi connectivity index (χ0n) is 14.3. The summed E-state index contributed by atoms with van der Waals surface area (Å²) in [5.41, 5.74) is 0.0396. The molecule has 116 valence electrons. The molecule has 3 nitrogen and oxygen atoms in total. The van der Waals surface area contributed by atoms with Crippen LogP contribution in [0.4, 0.5) is 0 Å². The fraction of sp³-hybridized carbons (Fsp3) is 0.882. The molecule has 1 heterocycles. The lowest BCUT2D eigenvalue weighted by atomic mass is 9.64. The first kappa shape index (κ1) is 17.2. The van der Waals surface area contributed by atoms with Crippen LogP contribution in [-0.2, 0) is 14.3 Å². The SMILES string of the molecule is CC(C)(C)C1C(=O)OC(=O)C1CCC(C)(C)C(C)(C)C. The first-order chi connectivity index (χ1) is 8.77. The van der Waals surface area contributed by atoms with E-state index in [0.717, 1.165) is 12.8 Å². The van der Waals surface area contributed by atoms with Gasteiger partial charge in [-0.05, 0) is 29.1 Å². The molecule has 2 unspecified atom stereocenters. The topological polar surface area (TPSA) is 43.4 Å². The lowest BCUT2D eigenvalue weighted by molar-refractivity contribution is -0.154. The second kappa shape index (κ2) is 5.16. The lowest BCUT2D eigenvalue weighted by Crippen LogP contribution is -2.34. The molecule has 0 spiro atoms. The van der Waals surface area contributed by atoms with Crippen LogP contribution < -0.4 is 0 Å². The van der Waals surface area contributed by atoms with E-state index < -0.39 is 0 Å². The van der Waals surface area contributed by atoms with Crippen molar-refractivity contribution >= 4 is 11.9 Å². The third-order valence-corrected chi connectivity index (χ3v) is 5.20. The van der Waals surface area contributed by atoms with Crippen molar-refractivity contribution in [3.8, 4) is 0 Å². The van der Waals surface area contributed by atoms with Crippen LogP contribution in [0, 0.1) is 28.1 Å². The van der Waals surface area contributed by atoms with Gasteiger partial charge in [-0.15, -0.1) is 0 Å². The average Bonchev–Trinajstić information content (AvgIpc) is 2.47. The van der Waals surface area contributed by atoms with Gasteiger partial charge in [0.25, 0.3) is 0 Å². The molecule has 1 saturated heterocycles. The molecule has 0 amide bonds. The summed E-state index contributed by atoms with van der Waals surface area (Å²) in [4.78, 5) is 23.9. The molecule has 3 heteroatoms. The van der Waals surface area contributed by atoms with Crippen molar-refractivity contribution in [3.05, 3.63) is 0 Å². The highest BCUT2D eigenvalue weighted by Gasteiger charge is 2.50. The molecule has 20 heavy (non-hydrogen) atoms. The zero-order chi connectivity index (χ0) is 15.9. The fourth-order valence-electron chi connectivity index (χ4n) is 2.67. The van der Waals surface area contributed by atoms with Crippen molar-refractivity contribution in [1.82, 2.24) is 0 Å². The molecule has 1 aliphatic heterocycles. The maximum atomic E-state index is 12.0. The molecule has 0 saturated carbocycles. The highest BCUT2D eigenvalue weighted by atomic mass is 16.6. The van der Waals surface area contributed by atoms with E-state index in [9.17, 15) is 9.59 Å². The first-order valence-corrected chi connectivity index (χ1v) is 7.53. The minimum atomic E-state index is -0.346. The number of rotatable bonds is 3. The van der Waals surface area contributed by atoms with Crippen LogP contribution in [0.1, 0.15) is 68.2 Å². The number of ether oxygens (including phenoxy) is 1. The van der Waals surface area contributed by atoms with Crippen LogP contribution >= 0.6 is 0 Å². The quantitative estimate of drug-likeness (QED) is 0.575. The smallest absolute Gasteiger partial charge is 0.318 e. The van der Waals surface area contributed by atoms with E-state index >= 15 is 0 Å². The summed E-state index contributed by atoms with van der Waals surface area (Å²) in [5.74, 6) is -1.28. The number of cyclic esters (lactones) is 2. The van der Waals surface area contributed by atoms with E-state index in [1.807, 2.05) is 20.8 Å². The summed E-state index contributed by atoms with van der Waals surface area (Å²) in [7, 11) is 0. The molecule has 0 N–H and O–H groups in total. The van der Waals surface area contributed by atoms with Crippen molar-refractivity contribution < 1.29 is 14.3 Å². The Morgan fingerprint density at radius 1 is 0.900 bits per heavy atom. The van der Waals surface area contributed by atoms with E-state index in [2.05, 4.69) is 34.6 Å². The Bertz CT molecular complexity index is 393. The van der Waals surface area contributed by atoms with E-state index in [1.165, 1.54) is 0 Å². The second-order valence-electron chi connectivity index (χ2n) is 8.86. The third kappa shape index (κ3) is 3.42. The second-order valence-corrected chi connectivity index (χ2v) is 8.86. The van der Waals surface area contributed by atoms with Gasteiger partial charge in [-0.25, -0.2) is 0 Å². The van der Waals surface area contributed by atoms with Gasteiger partial charge in [-0.2, -0.15) is 0 Å². The molecule has 0 bridgehead atoms. The Morgan fingerprint density at radius 3 is 1.80 bits per heavy atom. The minimum absolute atomic E-state index is 0.112. The van der Waals surface area contributed by atoms with Gasteiger partial charge in [0.15, 0.2) is 0 Å². The third-order valence-electron chi connectivity index (χ3n) is 5.20. The summed E-state index contributed by atoms with van der Waals surface area (Å²) in [6, 6.07) is 0. The van der Waals surface area contributed by atoms with Gasteiger partial charge in [-0.3, -0.25) is 9.59 Å². The summed E-state index contributed by atoms with van der Waals surface area (Å²) in [6.45, 7) is 17.1. The Kier molecular flexibility index (Phi) is 4.43. The Morgan fingerprint density at radius 2 is 1.40 bits per heavy atom. The molecule has 0 aromatic rings. The van der Waals surface area contributed by atoms with Crippen LogP contribution in [0.25, 0.3) is 0 Å². The van der Waals surface area contributed by atoms with Gasteiger partial charge in [0.2, 0.25) is 0 Å². The monoisotopic (exact) mass is 282 g/mol. The summed E-state index contributed by atoms with van der Waals surface area (Å²) < 4.78 is 4.89. The zero-order valence-corrected chi connectivity index (χ0v) is 14.3. The number of hydrogen-bond donors (Lipinski definition) is 0. The van der Waals surface area contributed by atoms with Gasteiger partial charge in [0.05, 0.1) is 11.8 Å². The summed E-state index contributed by atoms with van der Waals surface area (Å²) in [6.07, 6.45) is 1.63. The molecule has 1 fully saturated rings. The maximum Gasteiger partial charge on any atom is 0.318 e. The molecule has 0 aliphatic carbocycles. The molecule has 2 atom stereocenters. The Balaban J connectivity index is 2.85. The van der Waals surface area contributed by atoms with Gasteiger partial charge in [0, 0.05) is 0 Å². The largest absolute Gasteiger partial charge is 0.393 e. The van der Waals surface area contributed by atoms with Crippen LogP contribution in [-0.4, -0.2) is 11.9 Å². The van der Waals surface area contributed by atoms with E-state index in [0.29, 0.717) is 0 Å². The number of carbonyl (C=O) groups is 2. The number of hydrogen-bond acceptors (Lipinski definition) is 3. The molecular weight excluding hydrogens is 252 g/mol. The predicted molar refractivity (Wildman–Crippen MR) is 80.0 cm³/mol.